The monoisotopic (exact) mass is 343 g/mol. The maximum absolute atomic E-state index is 12.1. The average Bonchev–Trinajstić information content (AvgIpc) is 2.51. The fourth-order valence-electron chi connectivity index (χ4n) is 2.81. The number of carboxylic acid groups (broad SMARTS) is 2. The van der Waals surface area contributed by atoms with E-state index in [1.807, 2.05) is 18.7 Å². The van der Waals surface area contributed by atoms with Crippen molar-refractivity contribution < 1.29 is 24.6 Å². The summed E-state index contributed by atoms with van der Waals surface area (Å²) in [6.07, 6.45) is 0.522. The summed E-state index contributed by atoms with van der Waals surface area (Å²) in [7, 11) is 0. The topological polar surface area (TPSA) is 101 Å². The van der Waals surface area contributed by atoms with Gasteiger partial charge in [-0.3, -0.25) is 29.1 Å². The highest BCUT2D eigenvalue weighted by atomic mass is 16.4. The Labute approximate surface area is 143 Å². The van der Waals surface area contributed by atoms with Crippen LogP contribution in [0.5, 0.6) is 0 Å². The summed E-state index contributed by atoms with van der Waals surface area (Å²) in [5, 5.41) is 18.0. The van der Waals surface area contributed by atoms with E-state index in [4.69, 9.17) is 10.2 Å². The summed E-state index contributed by atoms with van der Waals surface area (Å²) in [6.45, 7) is 7.53. The first kappa shape index (κ1) is 20.5. The van der Waals surface area contributed by atoms with Gasteiger partial charge in [0.2, 0.25) is 0 Å². The number of hydrogen-bond acceptors (Lipinski definition) is 6. The third-order valence-corrected chi connectivity index (χ3v) is 3.95. The molecule has 0 aromatic heterocycles. The van der Waals surface area contributed by atoms with Gasteiger partial charge < -0.3 is 10.2 Å². The zero-order valence-corrected chi connectivity index (χ0v) is 14.6. The largest absolute Gasteiger partial charge is 0.480 e. The summed E-state index contributed by atoms with van der Waals surface area (Å²) < 4.78 is 0. The number of Topliss-reactive ketones (excluding diaryl/α,β-unsaturated/α-hetero) is 1. The second-order valence-corrected chi connectivity index (χ2v) is 6.75. The zero-order valence-electron chi connectivity index (χ0n) is 14.6. The number of carboxylic acids is 2. The highest BCUT2D eigenvalue weighted by Crippen LogP contribution is 2.05. The minimum atomic E-state index is -0.901. The van der Waals surface area contributed by atoms with Crippen LogP contribution in [0.3, 0.4) is 0 Å². The Morgan fingerprint density at radius 1 is 0.750 bits per heavy atom. The molecule has 0 amide bonds. The first-order valence-electron chi connectivity index (χ1n) is 8.38. The molecular weight excluding hydrogens is 314 g/mol. The van der Waals surface area contributed by atoms with Crippen molar-refractivity contribution in [1.29, 1.82) is 0 Å². The number of nitrogens with zero attached hydrogens (tertiary/aromatic N) is 3. The molecule has 8 heteroatoms. The molecule has 0 spiro atoms. The molecule has 2 N–H and O–H groups in total. The summed E-state index contributed by atoms with van der Waals surface area (Å²) >= 11 is 0. The molecule has 0 aromatic rings. The minimum Gasteiger partial charge on any atom is -0.480 e. The van der Waals surface area contributed by atoms with Crippen LogP contribution in [0.4, 0.5) is 0 Å². The average molecular weight is 343 g/mol. The standard InChI is InChI=1S/C16H29N3O5/c1-13(2)9-14(20)10-17-3-5-18(11-15(21)22)7-8-19(6-4-17)12-16(23)24/h13H,3-12H2,1-2H3,(H,21,22)(H,23,24). The summed E-state index contributed by atoms with van der Waals surface area (Å²) in [6, 6.07) is 0. The van der Waals surface area contributed by atoms with E-state index in [0.717, 1.165) is 0 Å². The molecule has 1 saturated heterocycles. The molecule has 0 unspecified atom stereocenters. The van der Waals surface area contributed by atoms with Crippen molar-refractivity contribution in [2.75, 3.05) is 58.9 Å². The van der Waals surface area contributed by atoms with Gasteiger partial charge in [0.15, 0.2) is 0 Å². The van der Waals surface area contributed by atoms with Gasteiger partial charge in [-0.1, -0.05) is 13.8 Å². The molecule has 0 atom stereocenters. The van der Waals surface area contributed by atoms with Crippen LogP contribution in [-0.2, 0) is 14.4 Å². The first-order valence-corrected chi connectivity index (χ1v) is 8.38. The van der Waals surface area contributed by atoms with Crippen LogP contribution in [0, 0.1) is 5.92 Å². The summed E-state index contributed by atoms with van der Waals surface area (Å²) in [5.74, 6) is -1.33. The Morgan fingerprint density at radius 3 is 1.38 bits per heavy atom. The molecule has 1 heterocycles. The smallest absolute Gasteiger partial charge is 0.317 e. The van der Waals surface area contributed by atoms with Crippen molar-refractivity contribution in [3.05, 3.63) is 0 Å². The molecule has 0 aromatic carbocycles. The molecule has 1 fully saturated rings. The Hall–Kier alpha value is -1.51. The van der Waals surface area contributed by atoms with Gasteiger partial charge in [0.05, 0.1) is 19.6 Å². The van der Waals surface area contributed by atoms with Crippen molar-refractivity contribution in [3.8, 4) is 0 Å². The maximum atomic E-state index is 12.1. The van der Waals surface area contributed by atoms with Gasteiger partial charge in [0.1, 0.15) is 5.78 Å². The van der Waals surface area contributed by atoms with Gasteiger partial charge in [0.25, 0.3) is 0 Å². The van der Waals surface area contributed by atoms with Crippen molar-refractivity contribution >= 4 is 17.7 Å². The Balaban J connectivity index is 2.69. The Morgan fingerprint density at radius 2 is 1.08 bits per heavy atom. The van der Waals surface area contributed by atoms with Gasteiger partial charge in [0, 0.05) is 45.7 Å². The lowest BCUT2D eigenvalue weighted by Gasteiger charge is -2.24. The van der Waals surface area contributed by atoms with Gasteiger partial charge in [-0.2, -0.15) is 0 Å². The molecule has 24 heavy (non-hydrogen) atoms. The van der Waals surface area contributed by atoms with Crippen molar-refractivity contribution in [2.24, 2.45) is 5.92 Å². The number of carbonyl (C=O) groups excluding carboxylic acids is 1. The van der Waals surface area contributed by atoms with Crippen LogP contribution in [0.2, 0.25) is 0 Å². The normalized spacial score (nSPS) is 18.8. The summed E-state index contributed by atoms with van der Waals surface area (Å²) in [4.78, 5) is 39.6. The lowest BCUT2D eigenvalue weighted by atomic mass is 10.1. The molecule has 0 saturated carbocycles. The second kappa shape index (κ2) is 10.4. The quantitative estimate of drug-likeness (QED) is 0.619. The van der Waals surface area contributed by atoms with Crippen LogP contribution < -0.4 is 0 Å². The lowest BCUT2D eigenvalue weighted by molar-refractivity contribution is -0.140. The minimum absolute atomic E-state index is 0.0747. The lowest BCUT2D eigenvalue weighted by Crippen LogP contribution is -2.40. The molecule has 0 radical (unpaired) electrons. The third kappa shape index (κ3) is 8.95. The van der Waals surface area contributed by atoms with Gasteiger partial charge in [-0.05, 0) is 5.92 Å². The first-order chi connectivity index (χ1) is 11.3. The molecule has 138 valence electrons. The third-order valence-electron chi connectivity index (χ3n) is 3.95. The van der Waals surface area contributed by atoms with E-state index in [9.17, 15) is 14.4 Å². The Kier molecular flexibility index (Phi) is 8.88. The van der Waals surface area contributed by atoms with Crippen LogP contribution in [-0.4, -0.2) is 102 Å². The van der Waals surface area contributed by atoms with Crippen LogP contribution in [0.1, 0.15) is 20.3 Å². The van der Waals surface area contributed by atoms with E-state index >= 15 is 0 Å². The van der Waals surface area contributed by atoms with E-state index in [-0.39, 0.29) is 18.9 Å². The van der Waals surface area contributed by atoms with Crippen LogP contribution >= 0.6 is 0 Å². The number of rotatable bonds is 8. The van der Waals surface area contributed by atoms with Crippen molar-refractivity contribution in [3.63, 3.8) is 0 Å². The number of aliphatic carboxylic acids is 2. The number of carbonyl (C=O) groups is 3. The fraction of sp³-hybridized carbons (Fsp3) is 0.812. The molecule has 1 aliphatic heterocycles. The SMILES string of the molecule is CC(C)CC(=O)CN1CCN(CC(=O)O)CCN(CC(=O)O)CC1. The molecule has 1 aliphatic rings. The zero-order chi connectivity index (χ0) is 18.1. The van der Waals surface area contributed by atoms with E-state index in [2.05, 4.69) is 0 Å². The maximum Gasteiger partial charge on any atom is 0.317 e. The highest BCUT2D eigenvalue weighted by molar-refractivity contribution is 5.80. The van der Waals surface area contributed by atoms with E-state index in [1.165, 1.54) is 0 Å². The molecule has 0 aliphatic carbocycles. The van der Waals surface area contributed by atoms with E-state index in [1.54, 1.807) is 9.80 Å². The fourth-order valence-corrected chi connectivity index (χ4v) is 2.81. The number of hydrogen-bond donors (Lipinski definition) is 2. The molecular formula is C16H29N3O5. The van der Waals surface area contributed by atoms with E-state index < -0.39 is 11.9 Å². The molecule has 1 rings (SSSR count). The van der Waals surface area contributed by atoms with Crippen molar-refractivity contribution in [2.45, 2.75) is 20.3 Å². The van der Waals surface area contributed by atoms with Gasteiger partial charge >= 0.3 is 11.9 Å². The predicted octanol–water partition coefficient (Wildman–Crippen LogP) is -0.310. The molecule has 0 bridgehead atoms. The molecule has 8 nitrogen and oxygen atoms in total. The van der Waals surface area contributed by atoms with Crippen LogP contribution in [0.25, 0.3) is 0 Å². The van der Waals surface area contributed by atoms with E-state index in [0.29, 0.717) is 58.2 Å². The highest BCUT2D eigenvalue weighted by Gasteiger charge is 2.20. The second-order valence-electron chi connectivity index (χ2n) is 6.75. The predicted molar refractivity (Wildman–Crippen MR) is 89.1 cm³/mol. The summed E-state index contributed by atoms with van der Waals surface area (Å²) in [5.41, 5.74) is 0. The van der Waals surface area contributed by atoms with Gasteiger partial charge in [-0.25, -0.2) is 0 Å². The van der Waals surface area contributed by atoms with Crippen LogP contribution in [0.15, 0.2) is 0 Å². The Bertz CT molecular complexity index is 413. The van der Waals surface area contributed by atoms with Gasteiger partial charge in [-0.15, -0.1) is 0 Å². The van der Waals surface area contributed by atoms with Crippen molar-refractivity contribution in [1.82, 2.24) is 14.7 Å². The number of ketones is 1.